The molecule has 17 heavy (non-hydrogen) atoms. The monoisotopic (exact) mass is 229 g/mol. The van der Waals surface area contributed by atoms with Crippen LogP contribution in [0.2, 0.25) is 0 Å². The van der Waals surface area contributed by atoms with Crippen LogP contribution in [0.4, 0.5) is 0 Å². The van der Waals surface area contributed by atoms with Gasteiger partial charge in [-0.05, 0) is 61.9 Å². The maximum atomic E-state index is 2.37. The zero-order chi connectivity index (χ0) is 12.9. The van der Waals surface area contributed by atoms with Gasteiger partial charge >= 0.3 is 0 Å². The zero-order valence-corrected chi connectivity index (χ0v) is 12.1. The Balaban J connectivity index is 2.97. The molecule has 0 unspecified atom stereocenters. The van der Waals surface area contributed by atoms with Crippen LogP contribution in [-0.2, 0) is 7.05 Å². The van der Waals surface area contributed by atoms with Gasteiger partial charge in [-0.3, -0.25) is 0 Å². The average Bonchev–Trinajstić information content (AvgIpc) is 2.62. The van der Waals surface area contributed by atoms with Crippen LogP contribution in [0.15, 0.2) is 6.07 Å². The predicted molar refractivity (Wildman–Crippen MR) is 76.0 cm³/mol. The van der Waals surface area contributed by atoms with Crippen molar-refractivity contribution >= 4 is 10.9 Å². The fraction of sp³-hybridized carbons (Fsp3) is 0.500. The van der Waals surface area contributed by atoms with Crippen molar-refractivity contribution in [2.45, 2.75) is 47.5 Å². The Morgan fingerprint density at radius 3 is 1.94 bits per heavy atom. The largest absolute Gasteiger partial charge is 0.347 e. The molecular weight excluding hydrogens is 206 g/mol. The van der Waals surface area contributed by atoms with Crippen molar-refractivity contribution in [1.29, 1.82) is 0 Å². The fourth-order valence-corrected chi connectivity index (χ4v) is 2.86. The number of fused-ring (bicyclic) bond motifs is 1. The van der Waals surface area contributed by atoms with Crippen LogP contribution in [0.3, 0.4) is 0 Å². The molecule has 1 nitrogen and oxygen atoms in total. The Bertz CT molecular complexity index is 586. The fourth-order valence-electron chi connectivity index (χ4n) is 2.86. The quantitative estimate of drug-likeness (QED) is 0.677. The number of benzene rings is 1. The van der Waals surface area contributed by atoms with E-state index >= 15 is 0 Å². The third kappa shape index (κ3) is 1.60. The van der Waals surface area contributed by atoms with E-state index in [1.165, 1.54) is 38.9 Å². The highest BCUT2D eigenvalue weighted by atomic mass is 15.0. The molecule has 2 aromatic rings. The van der Waals surface area contributed by atoms with Gasteiger partial charge in [-0.2, -0.15) is 0 Å². The Hall–Kier alpha value is -1.24. The van der Waals surface area contributed by atoms with Gasteiger partial charge < -0.3 is 4.57 Å². The summed E-state index contributed by atoms with van der Waals surface area (Å²) in [5.41, 5.74) is 8.58. The normalized spacial score (nSPS) is 11.8. The van der Waals surface area contributed by atoms with Crippen LogP contribution in [0, 0.1) is 27.7 Å². The number of aryl methyl sites for hydroxylation is 3. The molecule has 1 aromatic carbocycles. The van der Waals surface area contributed by atoms with Gasteiger partial charge in [0, 0.05) is 18.1 Å². The summed E-state index contributed by atoms with van der Waals surface area (Å²) in [5.74, 6) is 0.576. The number of rotatable bonds is 1. The van der Waals surface area contributed by atoms with E-state index in [4.69, 9.17) is 0 Å². The highest BCUT2D eigenvalue weighted by Crippen LogP contribution is 2.33. The Morgan fingerprint density at radius 2 is 1.41 bits per heavy atom. The Morgan fingerprint density at radius 1 is 0.882 bits per heavy atom. The van der Waals surface area contributed by atoms with Crippen LogP contribution in [0.5, 0.6) is 0 Å². The SMILES string of the molecule is Cc1c(C)c(C)c2c(cc(C(C)C)n2C)c1C. The van der Waals surface area contributed by atoms with Gasteiger partial charge in [-0.1, -0.05) is 13.8 Å². The summed E-state index contributed by atoms with van der Waals surface area (Å²) >= 11 is 0. The first-order chi connectivity index (χ1) is 7.86. The number of nitrogens with zero attached hydrogens (tertiary/aromatic N) is 1. The molecule has 0 spiro atoms. The Kier molecular flexibility index (Phi) is 2.81. The molecule has 0 radical (unpaired) electrons. The third-order valence-corrected chi connectivity index (χ3v) is 4.31. The first-order valence-electron chi connectivity index (χ1n) is 6.42. The molecule has 1 heterocycles. The molecule has 0 saturated heterocycles. The van der Waals surface area contributed by atoms with E-state index in [2.05, 4.69) is 59.2 Å². The average molecular weight is 229 g/mol. The molecule has 2 rings (SSSR count). The van der Waals surface area contributed by atoms with E-state index in [1.807, 2.05) is 0 Å². The van der Waals surface area contributed by atoms with Crippen molar-refractivity contribution < 1.29 is 0 Å². The summed E-state index contributed by atoms with van der Waals surface area (Å²) in [7, 11) is 2.19. The van der Waals surface area contributed by atoms with Crippen LogP contribution in [-0.4, -0.2) is 4.57 Å². The Labute approximate surface area is 104 Å². The molecule has 92 valence electrons. The minimum Gasteiger partial charge on any atom is -0.347 e. The van der Waals surface area contributed by atoms with Crippen LogP contribution in [0.1, 0.15) is 47.7 Å². The molecule has 0 N–H and O–H groups in total. The van der Waals surface area contributed by atoms with Gasteiger partial charge in [-0.25, -0.2) is 0 Å². The molecule has 0 aliphatic rings. The van der Waals surface area contributed by atoms with E-state index in [0.29, 0.717) is 5.92 Å². The minimum absolute atomic E-state index is 0.576. The second-order valence-corrected chi connectivity index (χ2v) is 5.55. The molecule has 1 aromatic heterocycles. The van der Waals surface area contributed by atoms with Crippen molar-refractivity contribution in [2.75, 3.05) is 0 Å². The van der Waals surface area contributed by atoms with Crippen molar-refractivity contribution in [3.05, 3.63) is 34.0 Å². The number of hydrogen-bond acceptors (Lipinski definition) is 0. The first-order valence-corrected chi connectivity index (χ1v) is 6.42. The van der Waals surface area contributed by atoms with Crippen LogP contribution in [0.25, 0.3) is 10.9 Å². The molecule has 0 aliphatic heterocycles. The number of aromatic nitrogens is 1. The third-order valence-electron chi connectivity index (χ3n) is 4.31. The molecule has 0 amide bonds. The van der Waals surface area contributed by atoms with E-state index in [1.54, 1.807) is 0 Å². The maximum Gasteiger partial charge on any atom is 0.0515 e. The van der Waals surface area contributed by atoms with Gasteiger partial charge in [-0.15, -0.1) is 0 Å². The predicted octanol–water partition coefficient (Wildman–Crippen LogP) is 4.54. The van der Waals surface area contributed by atoms with Gasteiger partial charge in [0.1, 0.15) is 0 Å². The minimum atomic E-state index is 0.576. The summed E-state index contributed by atoms with van der Waals surface area (Å²) in [6.45, 7) is 13.5. The second kappa shape index (κ2) is 3.90. The lowest BCUT2D eigenvalue weighted by atomic mass is 9.95. The molecule has 0 fully saturated rings. The molecule has 0 aliphatic carbocycles. The summed E-state index contributed by atoms with van der Waals surface area (Å²) in [5, 5.41) is 1.43. The van der Waals surface area contributed by atoms with Crippen LogP contribution < -0.4 is 0 Å². The number of hydrogen-bond donors (Lipinski definition) is 0. The maximum absolute atomic E-state index is 2.37. The topological polar surface area (TPSA) is 4.93 Å². The second-order valence-electron chi connectivity index (χ2n) is 5.55. The smallest absolute Gasteiger partial charge is 0.0515 e. The van der Waals surface area contributed by atoms with Crippen molar-refractivity contribution in [3.63, 3.8) is 0 Å². The molecular formula is C16H23N. The zero-order valence-electron chi connectivity index (χ0n) is 12.1. The molecule has 0 saturated carbocycles. The van der Waals surface area contributed by atoms with E-state index < -0.39 is 0 Å². The van der Waals surface area contributed by atoms with Crippen LogP contribution >= 0.6 is 0 Å². The highest BCUT2D eigenvalue weighted by Gasteiger charge is 2.15. The summed E-state index contributed by atoms with van der Waals surface area (Å²) < 4.78 is 2.37. The van der Waals surface area contributed by atoms with Crippen molar-refractivity contribution in [3.8, 4) is 0 Å². The molecule has 1 heteroatoms. The summed E-state index contributed by atoms with van der Waals surface area (Å²) in [4.78, 5) is 0. The first kappa shape index (κ1) is 12.2. The lowest BCUT2D eigenvalue weighted by Gasteiger charge is -2.13. The van der Waals surface area contributed by atoms with Gasteiger partial charge in [0.25, 0.3) is 0 Å². The van der Waals surface area contributed by atoms with Crippen molar-refractivity contribution in [2.24, 2.45) is 7.05 Å². The lowest BCUT2D eigenvalue weighted by molar-refractivity contribution is 0.754. The van der Waals surface area contributed by atoms with Gasteiger partial charge in [0.15, 0.2) is 0 Å². The van der Waals surface area contributed by atoms with E-state index in [-0.39, 0.29) is 0 Å². The van der Waals surface area contributed by atoms with E-state index in [9.17, 15) is 0 Å². The molecule has 0 bridgehead atoms. The highest BCUT2D eigenvalue weighted by molar-refractivity contribution is 5.89. The van der Waals surface area contributed by atoms with E-state index in [0.717, 1.165) is 0 Å². The lowest BCUT2D eigenvalue weighted by Crippen LogP contribution is -2.00. The van der Waals surface area contributed by atoms with Crippen molar-refractivity contribution in [1.82, 2.24) is 4.57 Å². The standard InChI is InChI=1S/C16H23N/c1-9(2)15-8-14-12(5)10(3)11(4)13(6)16(14)17(15)7/h8-9H,1-7H3. The molecule has 0 atom stereocenters. The summed E-state index contributed by atoms with van der Waals surface area (Å²) in [6.07, 6.45) is 0. The van der Waals surface area contributed by atoms with Gasteiger partial charge in [0.2, 0.25) is 0 Å². The summed E-state index contributed by atoms with van der Waals surface area (Å²) in [6, 6.07) is 2.37. The van der Waals surface area contributed by atoms with Gasteiger partial charge in [0.05, 0.1) is 5.52 Å².